The second-order valence-electron chi connectivity index (χ2n) is 5.51. The normalized spacial score (nSPS) is 11.6. The van der Waals surface area contributed by atoms with Crippen LogP contribution in [0.25, 0.3) is 0 Å². The highest BCUT2D eigenvalue weighted by atomic mass is 16.5. The summed E-state index contributed by atoms with van der Waals surface area (Å²) in [5, 5.41) is 12.7. The molecule has 8 nitrogen and oxygen atoms in total. The molecule has 0 saturated heterocycles. The van der Waals surface area contributed by atoms with Crippen LogP contribution in [0.3, 0.4) is 0 Å². The van der Waals surface area contributed by atoms with Gasteiger partial charge in [-0.2, -0.15) is 0 Å². The Morgan fingerprint density at radius 1 is 1.25 bits per heavy atom. The molecule has 0 bridgehead atoms. The quantitative estimate of drug-likeness (QED) is 0.522. The molecule has 24 heavy (non-hydrogen) atoms. The van der Waals surface area contributed by atoms with Gasteiger partial charge in [0, 0.05) is 13.1 Å². The minimum atomic E-state index is -0.156. The smallest absolute Gasteiger partial charge is 0.239 e. The van der Waals surface area contributed by atoms with Crippen LogP contribution in [0.15, 0.2) is 38.4 Å². The molecule has 2 rings (SSSR count). The standard InChI is InChI=1S/C16H23N5O3/c1-11(2)14-7-13(24-21-14)9-19-16(17-3)20-10-15(22)18-8-12-5-4-6-23-12/h4-7,11H,8-10H2,1-3H3,(H,18,22)(H2,17,19,20). The van der Waals surface area contributed by atoms with Gasteiger partial charge >= 0.3 is 0 Å². The summed E-state index contributed by atoms with van der Waals surface area (Å²) in [5.74, 6) is 2.08. The van der Waals surface area contributed by atoms with E-state index in [0.717, 1.165) is 5.69 Å². The topological polar surface area (TPSA) is 105 Å². The van der Waals surface area contributed by atoms with Crippen molar-refractivity contribution in [2.45, 2.75) is 32.9 Å². The zero-order valence-electron chi connectivity index (χ0n) is 14.1. The molecule has 0 spiro atoms. The monoisotopic (exact) mass is 333 g/mol. The molecule has 2 heterocycles. The van der Waals surface area contributed by atoms with E-state index in [1.54, 1.807) is 25.4 Å². The predicted molar refractivity (Wildman–Crippen MR) is 89.3 cm³/mol. The van der Waals surface area contributed by atoms with Crippen LogP contribution in [0.5, 0.6) is 0 Å². The molecule has 0 aliphatic carbocycles. The van der Waals surface area contributed by atoms with Crippen molar-refractivity contribution in [1.82, 2.24) is 21.1 Å². The molecule has 0 atom stereocenters. The third-order valence-electron chi connectivity index (χ3n) is 3.28. The third-order valence-corrected chi connectivity index (χ3v) is 3.28. The van der Waals surface area contributed by atoms with Crippen LogP contribution in [-0.4, -0.2) is 30.6 Å². The fourth-order valence-electron chi connectivity index (χ4n) is 1.90. The Morgan fingerprint density at radius 3 is 2.67 bits per heavy atom. The lowest BCUT2D eigenvalue weighted by atomic mass is 10.1. The van der Waals surface area contributed by atoms with Gasteiger partial charge in [-0.25, -0.2) is 0 Å². The summed E-state index contributed by atoms with van der Waals surface area (Å²) in [6.45, 7) is 5.00. The Labute approximate surface area is 140 Å². The lowest BCUT2D eigenvalue weighted by Crippen LogP contribution is -2.42. The van der Waals surface area contributed by atoms with Crippen molar-refractivity contribution in [2.75, 3.05) is 13.6 Å². The van der Waals surface area contributed by atoms with Gasteiger partial charge in [-0.1, -0.05) is 19.0 Å². The van der Waals surface area contributed by atoms with Crippen molar-refractivity contribution in [3.63, 3.8) is 0 Å². The average molecular weight is 333 g/mol. The van der Waals surface area contributed by atoms with E-state index < -0.39 is 0 Å². The summed E-state index contributed by atoms with van der Waals surface area (Å²) < 4.78 is 10.4. The molecule has 0 aromatic carbocycles. The number of furan rings is 1. The number of aliphatic imine (C=N–C) groups is 1. The van der Waals surface area contributed by atoms with Gasteiger partial charge in [0.25, 0.3) is 0 Å². The van der Waals surface area contributed by atoms with Gasteiger partial charge < -0.3 is 24.9 Å². The zero-order valence-corrected chi connectivity index (χ0v) is 14.1. The number of carbonyl (C=O) groups excluding carboxylic acids is 1. The van der Waals surface area contributed by atoms with Gasteiger partial charge in [0.1, 0.15) is 5.76 Å². The van der Waals surface area contributed by atoms with Crippen LogP contribution in [0.4, 0.5) is 0 Å². The van der Waals surface area contributed by atoms with Gasteiger partial charge in [-0.3, -0.25) is 9.79 Å². The number of hydrogen-bond acceptors (Lipinski definition) is 5. The first kappa shape index (κ1) is 17.6. The van der Waals surface area contributed by atoms with Gasteiger partial charge in [-0.05, 0) is 18.1 Å². The number of guanidine groups is 1. The summed E-state index contributed by atoms with van der Waals surface area (Å²) >= 11 is 0. The van der Waals surface area contributed by atoms with Crippen LogP contribution in [0.1, 0.15) is 37.0 Å². The molecular formula is C16H23N5O3. The third kappa shape index (κ3) is 5.45. The first-order chi connectivity index (χ1) is 11.6. The molecule has 0 unspecified atom stereocenters. The lowest BCUT2D eigenvalue weighted by Gasteiger charge is -2.10. The molecular weight excluding hydrogens is 310 g/mol. The maximum atomic E-state index is 11.8. The average Bonchev–Trinajstić information content (AvgIpc) is 3.24. The molecule has 8 heteroatoms. The number of hydrogen-bond donors (Lipinski definition) is 3. The van der Waals surface area contributed by atoms with Crippen LogP contribution in [-0.2, 0) is 17.9 Å². The maximum absolute atomic E-state index is 11.8. The van der Waals surface area contributed by atoms with Crippen LogP contribution in [0.2, 0.25) is 0 Å². The molecule has 0 aliphatic rings. The molecule has 130 valence electrons. The maximum Gasteiger partial charge on any atom is 0.239 e. The molecule has 2 aromatic heterocycles. The summed E-state index contributed by atoms with van der Waals surface area (Å²) in [4.78, 5) is 15.8. The van der Waals surface area contributed by atoms with Gasteiger partial charge in [0.05, 0.1) is 31.6 Å². The fraction of sp³-hybridized carbons (Fsp3) is 0.438. The number of rotatable bonds is 7. The Kier molecular flexibility index (Phi) is 6.41. The first-order valence-electron chi connectivity index (χ1n) is 7.77. The van der Waals surface area contributed by atoms with E-state index in [1.165, 1.54) is 0 Å². The van der Waals surface area contributed by atoms with Crippen molar-refractivity contribution < 1.29 is 13.7 Å². The molecule has 2 aromatic rings. The van der Waals surface area contributed by atoms with E-state index in [9.17, 15) is 4.79 Å². The van der Waals surface area contributed by atoms with Crippen LogP contribution in [0, 0.1) is 0 Å². The minimum absolute atomic E-state index is 0.105. The highest BCUT2D eigenvalue weighted by Gasteiger charge is 2.09. The highest BCUT2D eigenvalue weighted by molar-refractivity contribution is 5.86. The number of aromatic nitrogens is 1. The van der Waals surface area contributed by atoms with E-state index in [1.807, 2.05) is 6.07 Å². The minimum Gasteiger partial charge on any atom is -0.467 e. The van der Waals surface area contributed by atoms with E-state index in [0.29, 0.717) is 36.5 Å². The number of amides is 1. The molecule has 0 fully saturated rings. The summed E-state index contributed by atoms with van der Waals surface area (Å²) in [6, 6.07) is 5.48. The Morgan fingerprint density at radius 2 is 2.04 bits per heavy atom. The fourth-order valence-corrected chi connectivity index (χ4v) is 1.90. The lowest BCUT2D eigenvalue weighted by molar-refractivity contribution is -0.120. The number of nitrogens with zero attached hydrogens (tertiary/aromatic N) is 2. The van der Waals surface area contributed by atoms with Crippen LogP contribution >= 0.6 is 0 Å². The number of carbonyl (C=O) groups is 1. The van der Waals surface area contributed by atoms with Crippen molar-refractivity contribution >= 4 is 11.9 Å². The van der Waals surface area contributed by atoms with Crippen molar-refractivity contribution in [3.8, 4) is 0 Å². The van der Waals surface area contributed by atoms with E-state index in [-0.39, 0.29) is 12.5 Å². The van der Waals surface area contributed by atoms with Crippen molar-refractivity contribution in [2.24, 2.45) is 4.99 Å². The summed E-state index contributed by atoms with van der Waals surface area (Å²) in [6.07, 6.45) is 1.57. The van der Waals surface area contributed by atoms with E-state index >= 15 is 0 Å². The largest absolute Gasteiger partial charge is 0.467 e. The molecule has 3 N–H and O–H groups in total. The van der Waals surface area contributed by atoms with Crippen LogP contribution < -0.4 is 16.0 Å². The zero-order chi connectivity index (χ0) is 17.4. The summed E-state index contributed by atoms with van der Waals surface area (Å²) in [7, 11) is 1.63. The highest BCUT2D eigenvalue weighted by Crippen LogP contribution is 2.13. The van der Waals surface area contributed by atoms with Gasteiger partial charge in [-0.15, -0.1) is 0 Å². The Balaban J connectivity index is 1.70. The second kappa shape index (κ2) is 8.76. The SMILES string of the molecule is CN=C(NCC(=O)NCc1ccco1)NCc1cc(C(C)C)no1. The second-order valence-corrected chi connectivity index (χ2v) is 5.51. The predicted octanol–water partition coefficient (Wildman–Crippen LogP) is 1.37. The van der Waals surface area contributed by atoms with Crippen molar-refractivity contribution in [3.05, 3.63) is 41.7 Å². The Bertz CT molecular complexity index is 661. The molecule has 0 radical (unpaired) electrons. The van der Waals surface area contributed by atoms with Crippen molar-refractivity contribution in [1.29, 1.82) is 0 Å². The Hall–Kier alpha value is -2.77. The first-order valence-corrected chi connectivity index (χ1v) is 7.77. The molecule has 0 saturated carbocycles. The molecule has 1 amide bonds. The number of nitrogens with one attached hydrogen (secondary N) is 3. The van der Waals surface area contributed by atoms with Gasteiger partial charge in [0.2, 0.25) is 5.91 Å². The molecule has 0 aliphatic heterocycles. The van der Waals surface area contributed by atoms with E-state index in [4.69, 9.17) is 8.94 Å². The van der Waals surface area contributed by atoms with Gasteiger partial charge in [0.15, 0.2) is 11.7 Å². The van der Waals surface area contributed by atoms with E-state index in [2.05, 4.69) is 39.9 Å². The summed E-state index contributed by atoms with van der Waals surface area (Å²) in [5.41, 5.74) is 0.909.